The van der Waals surface area contributed by atoms with Crippen LogP contribution in [0.1, 0.15) is 12.8 Å². The van der Waals surface area contributed by atoms with E-state index in [1.54, 1.807) is 19.2 Å². The summed E-state index contributed by atoms with van der Waals surface area (Å²) < 4.78 is 16.2. The molecule has 0 bridgehead atoms. The lowest BCUT2D eigenvalue weighted by atomic mass is 10.2. The van der Waals surface area contributed by atoms with Gasteiger partial charge in [-0.2, -0.15) is 0 Å². The number of amides is 1. The van der Waals surface area contributed by atoms with Crippen LogP contribution in [0.2, 0.25) is 5.02 Å². The van der Waals surface area contributed by atoms with Gasteiger partial charge in [-0.1, -0.05) is 11.6 Å². The van der Waals surface area contributed by atoms with Crippen LogP contribution in [0.5, 0.6) is 11.5 Å². The predicted octanol–water partition coefficient (Wildman–Crippen LogP) is 2.41. The summed E-state index contributed by atoms with van der Waals surface area (Å²) in [6, 6.07) is 3.39. The van der Waals surface area contributed by atoms with E-state index in [4.69, 9.17) is 25.8 Å². The quantitative estimate of drug-likeness (QED) is 0.771. The Kier molecular flexibility index (Phi) is 6.95. The van der Waals surface area contributed by atoms with Crippen LogP contribution in [0, 0.1) is 0 Å². The van der Waals surface area contributed by atoms with Crippen LogP contribution in [0.4, 0.5) is 5.69 Å². The molecule has 0 unspecified atom stereocenters. The molecule has 1 aromatic rings. The number of rotatable bonds is 7. The number of nitrogens with zero attached hydrogens (tertiary/aromatic N) is 1. The molecule has 0 fully saturated rings. The summed E-state index contributed by atoms with van der Waals surface area (Å²) >= 11 is 6.22. The lowest BCUT2D eigenvalue weighted by Crippen LogP contribution is -2.31. The molecule has 0 radical (unpaired) electrons. The SMILES string of the molecule is COCCCN(C)CC(=O)Nc1cc2c(cc1Cl)OCCCO2. The van der Waals surface area contributed by atoms with Crippen molar-refractivity contribution in [3.8, 4) is 11.5 Å². The van der Waals surface area contributed by atoms with E-state index in [9.17, 15) is 4.79 Å². The molecule has 128 valence electrons. The standard InChI is InChI=1S/C16H23ClN2O4/c1-19(5-3-6-21-2)11-16(20)18-13-10-15-14(9-12(13)17)22-7-4-8-23-15/h9-10H,3-8,11H2,1-2H3,(H,18,20). The highest BCUT2D eigenvalue weighted by atomic mass is 35.5. The van der Waals surface area contributed by atoms with E-state index in [-0.39, 0.29) is 12.5 Å². The number of halogens is 1. The van der Waals surface area contributed by atoms with Crippen LogP contribution >= 0.6 is 11.6 Å². The first kappa shape index (κ1) is 17.8. The van der Waals surface area contributed by atoms with Gasteiger partial charge in [-0.15, -0.1) is 0 Å². The molecule has 0 saturated carbocycles. The third kappa shape index (κ3) is 5.57. The van der Waals surface area contributed by atoms with Gasteiger partial charge in [0, 0.05) is 38.8 Å². The first-order valence-electron chi connectivity index (χ1n) is 7.66. The Bertz CT molecular complexity index is 539. The van der Waals surface area contributed by atoms with E-state index in [1.807, 2.05) is 11.9 Å². The van der Waals surface area contributed by atoms with Gasteiger partial charge in [0.2, 0.25) is 5.91 Å². The summed E-state index contributed by atoms with van der Waals surface area (Å²) in [6.45, 7) is 2.94. The molecule has 23 heavy (non-hydrogen) atoms. The monoisotopic (exact) mass is 342 g/mol. The Balaban J connectivity index is 1.94. The van der Waals surface area contributed by atoms with Crippen molar-refractivity contribution in [2.24, 2.45) is 0 Å². The first-order chi connectivity index (χ1) is 11.1. The third-order valence-corrected chi connectivity index (χ3v) is 3.73. The van der Waals surface area contributed by atoms with Gasteiger partial charge in [0.1, 0.15) is 0 Å². The number of nitrogens with one attached hydrogen (secondary N) is 1. The molecule has 7 heteroatoms. The van der Waals surface area contributed by atoms with Crippen molar-refractivity contribution in [2.75, 3.05) is 52.4 Å². The van der Waals surface area contributed by atoms with Gasteiger partial charge in [0.05, 0.1) is 30.5 Å². The van der Waals surface area contributed by atoms with Crippen LogP contribution in [0.15, 0.2) is 12.1 Å². The number of fused-ring (bicyclic) bond motifs is 1. The Hall–Kier alpha value is -1.50. The predicted molar refractivity (Wildman–Crippen MR) is 89.7 cm³/mol. The summed E-state index contributed by atoms with van der Waals surface area (Å²) in [5, 5.41) is 3.26. The van der Waals surface area contributed by atoms with Crippen molar-refractivity contribution in [3.05, 3.63) is 17.2 Å². The van der Waals surface area contributed by atoms with E-state index in [2.05, 4.69) is 5.32 Å². The number of hydrogen-bond donors (Lipinski definition) is 1. The molecular formula is C16H23ClN2O4. The van der Waals surface area contributed by atoms with E-state index in [0.717, 1.165) is 19.4 Å². The van der Waals surface area contributed by atoms with Gasteiger partial charge in [0.25, 0.3) is 0 Å². The van der Waals surface area contributed by atoms with Gasteiger partial charge in [-0.25, -0.2) is 0 Å². The molecule has 0 saturated heterocycles. The maximum Gasteiger partial charge on any atom is 0.238 e. The zero-order valence-electron chi connectivity index (χ0n) is 13.6. The second kappa shape index (κ2) is 8.96. The number of ether oxygens (including phenoxy) is 3. The highest BCUT2D eigenvalue weighted by molar-refractivity contribution is 6.34. The molecule has 1 amide bonds. The number of anilines is 1. The largest absolute Gasteiger partial charge is 0.490 e. The van der Waals surface area contributed by atoms with Crippen LogP contribution in [-0.4, -0.2) is 57.9 Å². The molecule has 0 spiro atoms. The fourth-order valence-electron chi connectivity index (χ4n) is 2.27. The van der Waals surface area contributed by atoms with Crippen LogP contribution in [0.25, 0.3) is 0 Å². The van der Waals surface area contributed by atoms with Crippen LogP contribution < -0.4 is 14.8 Å². The molecular weight excluding hydrogens is 320 g/mol. The lowest BCUT2D eigenvalue weighted by molar-refractivity contribution is -0.117. The summed E-state index contributed by atoms with van der Waals surface area (Å²) in [7, 11) is 3.56. The summed E-state index contributed by atoms with van der Waals surface area (Å²) in [5.74, 6) is 1.10. The van der Waals surface area contributed by atoms with E-state index < -0.39 is 0 Å². The van der Waals surface area contributed by atoms with Crippen molar-refractivity contribution in [2.45, 2.75) is 12.8 Å². The highest BCUT2D eigenvalue weighted by Gasteiger charge is 2.16. The fourth-order valence-corrected chi connectivity index (χ4v) is 2.47. The minimum Gasteiger partial charge on any atom is -0.490 e. The van der Waals surface area contributed by atoms with E-state index in [0.29, 0.717) is 42.0 Å². The topological polar surface area (TPSA) is 60.0 Å². The van der Waals surface area contributed by atoms with Gasteiger partial charge >= 0.3 is 0 Å². The number of carbonyl (C=O) groups excluding carboxylic acids is 1. The van der Waals surface area contributed by atoms with E-state index >= 15 is 0 Å². The van der Waals surface area contributed by atoms with Crippen molar-refractivity contribution >= 4 is 23.2 Å². The molecule has 1 heterocycles. The molecule has 0 atom stereocenters. The second-order valence-electron chi connectivity index (χ2n) is 5.46. The number of likely N-dealkylation sites (N-methyl/N-ethyl adjacent to an activating group) is 1. The van der Waals surface area contributed by atoms with Gasteiger partial charge in [0.15, 0.2) is 11.5 Å². The normalized spacial score (nSPS) is 13.7. The fraction of sp³-hybridized carbons (Fsp3) is 0.562. The molecule has 1 aliphatic heterocycles. The van der Waals surface area contributed by atoms with Crippen molar-refractivity contribution in [3.63, 3.8) is 0 Å². The molecule has 1 N–H and O–H groups in total. The van der Waals surface area contributed by atoms with E-state index in [1.165, 1.54) is 0 Å². The molecule has 1 aromatic carbocycles. The number of benzene rings is 1. The zero-order valence-corrected chi connectivity index (χ0v) is 14.3. The second-order valence-corrected chi connectivity index (χ2v) is 5.87. The maximum absolute atomic E-state index is 12.1. The molecule has 6 nitrogen and oxygen atoms in total. The Labute approximate surface area is 141 Å². The third-order valence-electron chi connectivity index (χ3n) is 3.41. The van der Waals surface area contributed by atoms with Crippen molar-refractivity contribution < 1.29 is 19.0 Å². The van der Waals surface area contributed by atoms with Crippen LogP contribution in [-0.2, 0) is 9.53 Å². The Morgan fingerprint density at radius 1 is 1.35 bits per heavy atom. The van der Waals surface area contributed by atoms with Gasteiger partial charge < -0.3 is 19.5 Å². The number of carbonyl (C=O) groups is 1. The number of methoxy groups -OCH3 is 1. The molecule has 1 aliphatic rings. The first-order valence-corrected chi connectivity index (χ1v) is 8.04. The minimum absolute atomic E-state index is 0.124. The Morgan fingerprint density at radius 2 is 2.04 bits per heavy atom. The average Bonchev–Trinajstić information content (AvgIpc) is 2.72. The summed E-state index contributed by atoms with van der Waals surface area (Å²) in [5.41, 5.74) is 0.534. The maximum atomic E-state index is 12.1. The van der Waals surface area contributed by atoms with Crippen molar-refractivity contribution in [1.29, 1.82) is 0 Å². The van der Waals surface area contributed by atoms with Crippen molar-refractivity contribution in [1.82, 2.24) is 4.90 Å². The smallest absolute Gasteiger partial charge is 0.238 e. The Morgan fingerprint density at radius 3 is 2.74 bits per heavy atom. The highest BCUT2D eigenvalue weighted by Crippen LogP contribution is 2.37. The zero-order chi connectivity index (χ0) is 16.7. The lowest BCUT2D eigenvalue weighted by Gasteiger charge is -2.17. The van der Waals surface area contributed by atoms with Crippen LogP contribution in [0.3, 0.4) is 0 Å². The molecule has 0 aromatic heterocycles. The summed E-state index contributed by atoms with van der Waals surface area (Å²) in [6.07, 6.45) is 1.70. The van der Waals surface area contributed by atoms with Gasteiger partial charge in [-0.05, 0) is 13.5 Å². The molecule has 0 aliphatic carbocycles. The number of hydrogen-bond acceptors (Lipinski definition) is 5. The minimum atomic E-state index is -0.124. The summed E-state index contributed by atoms with van der Waals surface area (Å²) in [4.78, 5) is 14.1. The molecule has 2 rings (SSSR count). The average molecular weight is 343 g/mol. The van der Waals surface area contributed by atoms with Gasteiger partial charge in [-0.3, -0.25) is 9.69 Å².